The van der Waals surface area contributed by atoms with Crippen molar-refractivity contribution in [3.63, 3.8) is 0 Å². The maximum Gasteiger partial charge on any atom is 0.221 e. The van der Waals surface area contributed by atoms with Gasteiger partial charge < -0.3 is 15.4 Å². The van der Waals surface area contributed by atoms with Crippen molar-refractivity contribution in [1.29, 1.82) is 0 Å². The van der Waals surface area contributed by atoms with Gasteiger partial charge in [-0.15, -0.1) is 11.3 Å². The highest BCUT2D eigenvalue weighted by Gasteiger charge is 2.12. The SMILES string of the molecule is COCCNC(=O)CCNC(C)c1sc(C)nc1C. The Kier molecular flexibility index (Phi) is 6.97. The van der Waals surface area contributed by atoms with E-state index in [1.807, 2.05) is 13.8 Å². The summed E-state index contributed by atoms with van der Waals surface area (Å²) in [5.41, 5.74) is 1.08. The number of nitrogens with one attached hydrogen (secondary N) is 2. The van der Waals surface area contributed by atoms with E-state index >= 15 is 0 Å². The molecule has 0 aromatic carbocycles. The van der Waals surface area contributed by atoms with Gasteiger partial charge in [-0.2, -0.15) is 0 Å². The van der Waals surface area contributed by atoms with E-state index in [9.17, 15) is 4.79 Å². The van der Waals surface area contributed by atoms with Crippen molar-refractivity contribution < 1.29 is 9.53 Å². The van der Waals surface area contributed by atoms with Crippen LogP contribution in [0.25, 0.3) is 0 Å². The lowest BCUT2D eigenvalue weighted by molar-refractivity contribution is -0.121. The second-order valence-corrected chi connectivity index (χ2v) is 5.69. The summed E-state index contributed by atoms with van der Waals surface area (Å²) in [7, 11) is 1.62. The first-order chi connectivity index (χ1) is 9.04. The number of hydrogen-bond acceptors (Lipinski definition) is 5. The Morgan fingerprint density at radius 2 is 2.16 bits per heavy atom. The van der Waals surface area contributed by atoms with E-state index in [2.05, 4.69) is 22.5 Å². The fourth-order valence-electron chi connectivity index (χ4n) is 1.82. The number of carbonyl (C=O) groups excluding carboxylic acids is 1. The molecule has 0 aliphatic heterocycles. The first-order valence-corrected chi connectivity index (χ1v) is 7.29. The van der Waals surface area contributed by atoms with Crippen molar-refractivity contribution in [2.45, 2.75) is 33.2 Å². The molecule has 1 aromatic rings. The maximum absolute atomic E-state index is 11.5. The minimum Gasteiger partial charge on any atom is -0.383 e. The van der Waals surface area contributed by atoms with Crippen molar-refractivity contribution >= 4 is 17.2 Å². The van der Waals surface area contributed by atoms with Crippen LogP contribution in [-0.4, -0.2) is 37.7 Å². The summed E-state index contributed by atoms with van der Waals surface area (Å²) >= 11 is 1.71. The molecule has 6 heteroatoms. The van der Waals surface area contributed by atoms with Crippen LogP contribution in [0.15, 0.2) is 0 Å². The number of methoxy groups -OCH3 is 1. The number of carbonyl (C=O) groups is 1. The predicted octanol–water partition coefficient (Wildman–Crippen LogP) is 1.56. The largest absolute Gasteiger partial charge is 0.383 e. The number of nitrogens with zero attached hydrogens (tertiary/aromatic N) is 1. The smallest absolute Gasteiger partial charge is 0.221 e. The standard InChI is InChI=1S/C13H23N3O2S/c1-9(13-10(2)16-11(3)19-13)14-6-5-12(17)15-7-8-18-4/h9,14H,5-8H2,1-4H3,(H,15,17). The average molecular weight is 285 g/mol. The van der Waals surface area contributed by atoms with E-state index < -0.39 is 0 Å². The monoisotopic (exact) mass is 285 g/mol. The zero-order valence-electron chi connectivity index (χ0n) is 12.1. The minimum absolute atomic E-state index is 0.0500. The fraction of sp³-hybridized carbons (Fsp3) is 0.692. The van der Waals surface area contributed by atoms with Gasteiger partial charge in [0.1, 0.15) is 0 Å². The van der Waals surface area contributed by atoms with Gasteiger partial charge in [0, 0.05) is 37.5 Å². The molecule has 0 saturated heterocycles. The van der Waals surface area contributed by atoms with Crippen LogP contribution in [-0.2, 0) is 9.53 Å². The van der Waals surface area contributed by atoms with Crippen LogP contribution in [0.2, 0.25) is 0 Å². The molecular formula is C13H23N3O2S. The van der Waals surface area contributed by atoms with E-state index in [4.69, 9.17) is 4.74 Å². The molecule has 1 unspecified atom stereocenters. The van der Waals surface area contributed by atoms with E-state index in [-0.39, 0.29) is 11.9 Å². The van der Waals surface area contributed by atoms with Crippen molar-refractivity contribution in [3.8, 4) is 0 Å². The second kappa shape index (κ2) is 8.24. The molecule has 0 saturated carbocycles. The number of thiazole rings is 1. The van der Waals surface area contributed by atoms with E-state index in [1.165, 1.54) is 4.88 Å². The lowest BCUT2D eigenvalue weighted by Crippen LogP contribution is -2.30. The summed E-state index contributed by atoms with van der Waals surface area (Å²) in [6.45, 7) is 7.91. The van der Waals surface area contributed by atoms with Gasteiger partial charge in [-0.05, 0) is 20.8 Å². The van der Waals surface area contributed by atoms with E-state index in [1.54, 1.807) is 18.4 Å². The molecule has 0 aliphatic rings. The Morgan fingerprint density at radius 1 is 1.42 bits per heavy atom. The molecule has 1 rings (SSSR count). The Labute approximate surface area is 118 Å². The molecule has 1 atom stereocenters. The first-order valence-electron chi connectivity index (χ1n) is 6.47. The molecule has 2 N–H and O–H groups in total. The van der Waals surface area contributed by atoms with Crippen LogP contribution >= 0.6 is 11.3 Å². The second-order valence-electron chi connectivity index (χ2n) is 4.45. The van der Waals surface area contributed by atoms with Gasteiger partial charge in [0.05, 0.1) is 17.3 Å². The molecule has 19 heavy (non-hydrogen) atoms. The van der Waals surface area contributed by atoms with Crippen molar-refractivity contribution in [3.05, 3.63) is 15.6 Å². The Hall–Kier alpha value is -0.980. The summed E-state index contributed by atoms with van der Waals surface area (Å²) in [4.78, 5) is 17.1. The molecule has 0 radical (unpaired) electrons. The average Bonchev–Trinajstić information content (AvgIpc) is 2.69. The molecule has 0 aliphatic carbocycles. The van der Waals surface area contributed by atoms with Crippen LogP contribution in [0.1, 0.15) is 35.0 Å². The fourth-order valence-corrected chi connectivity index (χ4v) is 2.78. The number of amides is 1. The quantitative estimate of drug-likeness (QED) is 0.712. The highest BCUT2D eigenvalue weighted by molar-refractivity contribution is 7.11. The topological polar surface area (TPSA) is 63.2 Å². The molecule has 0 spiro atoms. The van der Waals surface area contributed by atoms with Gasteiger partial charge in [0.25, 0.3) is 0 Å². The van der Waals surface area contributed by atoms with Crippen molar-refractivity contribution in [2.24, 2.45) is 0 Å². The zero-order valence-corrected chi connectivity index (χ0v) is 12.9. The maximum atomic E-state index is 11.5. The third-order valence-electron chi connectivity index (χ3n) is 2.76. The lowest BCUT2D eigenvalue weighted by atomic mass is 10.2. The van der Waals surface area contributed by atoms with Gasteiger partial charge in [0.15, 0.2) is 0 Å². The number of rotatable bonds is 8. The normalized spacial score (nSPS) is 12.4. The van der Waals surface area contributed by atoms with Crippen LogP contribution in [0, 0.1) is 13.8 Å². The van der Waals surface area contributed by atoms with Crippen LogP contribution in [0.4, 0.5) is 0 Å². The summed E-state index contributed by atoms with van der Waals surface area (Å²) in [6, 6.07) is 0.234. The molecule has 0 fully saturated rings. The highest BCUT2D eigenvalue weighted by Crippen LogP contribution is 2.24. The summed E-state index contributed by atoms with van der Waals surface area (Å²) in [5.74, 6) is 0.0500. The zero-order chi connectivity index (χ0) is 14.3. The van der Waals surface area contributed by atoms with Crippen LogP contribution < -0.4 is 10.6 Å². The number of aromatic nitrogens is 1. The summed E-state index contributed by atoms with van der Waals surface area (Å²) in [5, 5.41) is 7.23. The van der Waals surface area contributed by atoms with Gasteiger partial charge >= 0.3 is 0 Å². The molecule has 1 aromatic heterocycles. The van der Waals surface area contributed by atoms with Gasteiger partial charge in [0.2, 0.25) is 5.91 Å². The van der Waals surface area contributed by atoms with E-state index in [0.29, 0.717) is 26.1 Å². The Morgan fingerprint density at radius 3 is 2.74 bits per heavy atom. The van der Waals surface area contributed by atoms with E-state index in [0.717, 1.165) is 10.7 Å². The van der Waals surface area contributed by atoms with Crippen LogP contribution in [0.5, 0.6) is 0 Å². The third-order valence-corrected chi connectivity index (χ3v) is 4.02. The van der Waals surface area contributed by atoms with Crippen molar-refractivity contribution in [2.75, 3.05) is 26.8 Å². The number of hydrogen-bond donors (Lipinski definition) is 2. The molecule has 5 nitrogen and oxygen atoms in total. The van der Waals surface area contributed by atoms with Crippen LogP contribution in [0.3, 0.4) is 0 Å². The van der Waals surface area contributed by atoms with Gasteiger partial charge in [-0.1, -0.05) is 0 Å². The minimum atomic E-state index is 0.0500. The van der Waals surface area contributed by atoms with Gasteiger partial charge in [-0.25, -0.2) is 4.98 Å². The predicted molar refractivity (Wildman–Crippen MR) is 77.5 cm³/mol. The molecular weight excluding hydrogens is 262 g/mol. The summed E-state index contributed by atoms with van der Waals surface area (Å²) < 4.78 is 4.87. The Bertz CT molecular complexity index is 407. The summed E-state index contributed by atoms with van der Waals surface area (Å²) in [6.07, 6.45) is 0.477. The van der Waals surface area contributed by atoms with Gasteiger partial charge in [-0.3, -0.25) is 4.79 Å². The molecule has 1 heterocycles. The molecule has 108 valence electrons. The highest BCUT2D eigenvalue weighted by atomic mass is 32.1. The lowest BCUT2D eigenvalue weighted by Gasteiger charge is -2.12. The van der Waals surface area contributed by atoms with Crippen molar-refractivity contribution in [1.82, 2.24) is 15.6 Å². The molecule has 1 amide bonds. The number of aryl methyl sites for hydroxylation is 2. The first kappa shape index (κ1) is 16.1. The molecule has 0 bridgehead atoms. The number of ether oxygens (including phenoxy) is 1. The Balaban J connectivity index is 2.25. The third kappa shape index (κ3) is 5.67.